The van der Waals surface area contributed by atoms with Crippen LogP contribution in [-0.2, 0) is 0 Å². The number of Topliss-reactive ketones (excluding diaryl/α,β-unsaturated/α-hetero) is 1. The minimum atomic E-state index is -0.518. The van der Waals surface area contributed by atoms with Crippen LogP contribution >= 0.6 is 11.3 Å². The van der Waals surface area contributed by atoms with Gasteiger partial charge in [0, 0.05) is 12.6 Å². The van der Waals surface area contributed by atoms with Crippen molar-refractivity contribution >= 4 is 22.8 Å². The maximum absolute atomic E-state index is 11.2. The number of hydrogen-bond donors (Lipinski definition) is 0. The van der Waals surface area contributed by atoms with Crippen LogP contribution in [-0.4, -0.2) is 41.8 Å². The first-order valence-corrected chi connectivity index (χ1v) is 6.95. The molecule has 0 unspecified atom stereocenters. The van der Waals surface area contributed by atoms with E-state index < -0.39 is 4.92 Å². The summed E-state index contributed by atoms with van der Waals surface area (Å²) in [6.07, 6.45) is 0. The van der Waals surface area contributed by atoms with Gasteiger partial charge < -0.3 is 9.64 Å². The summed E-state index contributed by atoms with van der Waals surface area (Å²) < 4.78 is 5.45. The number of ether oxygens (including phenoxy) is 1. The van der Waals surface area contributed by atoms with E-state index in [1.165, 1.54) is 13.0 Å². The van der Waals surface area contributed by atoms with Gasteiger partial charge in [-0.15, -0.1) is 0 Å². The van der Waals surface area contributed by atoms with Gasteiger partial charge in [0.05, 0.1) is 9.80 Å². The number of nitrogens with zero attached hydrogens (tertiary/aromatic N) is 2. The average molecular weight is 286 g/mol. The molecule has 106 valence electrons. The monoisotopic (exact) mass is 286 g/mol. The first-order chi connectivity index (χ1) is 8.99. The maximum atomic E-state index is 11.2. The molecule has 1 rings (SSSR count). The van der Waals surface area contributed by atoms with Gasteiger partial charge in [0.15, 0.2) is 5.78 Å². The van der Waals surface area contributed by atoms with Gasteiger partial charge in [0.1, 0.15) is 6.61 Å². The number of carbonyl (C=O) groups is 1. The lowest BCUT2D eigenvalue weighted by atomic mass is 10.3. The second kappa shape index (κ2) is 7.20. The number of nitro groups is 1. The van der Waals surface area contributed by atoms with Crippen molar-refractivity contribution in [2.24, 2.45) is 0 Å². The van der Waals surface area contributed by atoms with E-state index in [1.807, 2.05) is 13.8 Å². The van der Waals surface area contributed by atoms with Gasteiger partial charge in [-0.1, -0.05) is 25.2 Å². The Morgan fingerprint density at radius 3 is 2.58 bits per heavy atom. The van der Waals surface area contributed by atoms with E-state index in [4.69, 9.17) is 4.74 Å². The topological polar surface area (TPSA) is 72.7 Å². The number of carbonyl (C=O) groups excluding carboxylic acids is 1. The summed E-state index contributed by atoms with van der Waals surface area (Å²) in [5.41, 5.74) is -0.130. The molecule has 0 radical (unpaired) electrons. The van der Waals surface area contributed by atoms with Crippen molar-refractivity contribution < 1.29 is 14.5 Å². The summed E-state index contributed by atoms with van der Waals surface area (Å²) in [5, 5.41) is 11.1. The van der Waals surface area contributed by atoms with Crippen LogP contribution in [0.25, 0.3) is 0 Å². The molecule has 0 aliphatic heterocycles. The van der Waals surface area contributed by atoms with Gasteiger partial charge in [-0.2, -0.15) is 0 Å². The van der Waals surface area contributed by atoms with E-state index in [2.05, 4.69) is 4.90 Å². The molecule has 0 saturated carbocycles. The van der Waals surface area contributed by atoms with Crippen LogP contribution in [0.2, 0.25) is 0 Å². The molecule has 0 N–H and O–H groups in total. The molecule has 6 nitrogen and oxygen atoms in total. The molecule has 0 aromatic carbocycles. The van der Waals surface area contributed by atoms with E-state index in [0.717, 1.165) is 24.4 Å². The molecule has 19 heavy (non-hydrogen) atoms. The summed E-state index contributed by atoms with van der Waals surface area (Å²) in [6, 6.07) is 1.28. The predicted octanol–water partition coefficient (Wildman–Crippen LogP) is 2.58. The third-order valence-corrected chi connectivity index (χ3v) is 3.90. The molecule has 1 heterocycles. The lowest BCUT2D eigenvalue weighted by Crippen LogP contribution is -2.27. The fourth-order valence-electron chi connectivity index (χ4n) is 1.58. The molecule has 7 heteroatoms. The Balaban J connectivity index is 2.71. The SMILES string of the molecule is CCN(CC)CCOc1sc(C(C)=O)cc1[N+](=O)[O-]. The Morgan fingerprint density at radius 1 is 1.47 bits per heavy atom. The predicted molar refractivity (Wildman–Crippen MR) is 74.3 cm³/mol. The summed E-state index contributed by atoms with van der Waals surface area (Å²) in [4.78, 5) is 24.1. The first kappa shape index (κ1) is 15.6. The fourth-order valence-corrected chi connectivity index (χ4v) is 2.47. The molecule has 0 bridgehead atoms. The molecule has 0 spiro atoms. The largest absolute Gasteiger partial charge is 0.478 e. The number of thiophene rings is 1. The number of rotatable bonds is 8. The number of hydrogen-bond acceptors (Lipinski definition) is 6. The Kier molecular flexibility index (Phi) is 5.91. The molecule has 0 saturated heterocycles. The quantitative estimate of drug-likeness (QED) is 0.417. The first-order valence-electron chi connectivity index (χ1n) is 6.13. The van der Waals surface area contributed by atoms with Crippen LogP contribution in [0.1, 0.15) is 30.4 Å². The highest BCUT2D eigenvalue weighted by Gasteiger charge is 2.22. The van der Waals surface area contributed by atoms with E-state index >= 15 is 0 Å². The van der Waals surface area contributed by atoms with Crippen LogP contribution in [0.4, 0.5) is 5.69 Å². The zero-order valence-electron chi connectivity index (χ0n) is 11.3. The van der Waals surface area contributed by atoms with Crippen molar-refractivity contribution in [3.8, 4) is 5.06 Å². The lowest BCUT2D eigenvalue weighted by molar-refractivity contribution is -0.385. The molecule has 0 aliphatic rings. The van der Waals surface area contributed by atoms with Crippen LogP contribution < -0.4 is 4.74 Å². The summed E-state index contributed by atoms with van der Waals surface area (Å²) in [5.74, 6) is -0.188. The van der Waals surface area contributed by atoms with Crippen molar-refractivity contribution in [2.75, 3.05) is 26.2 Å². The van der Waals surface area contributed by atoms with Gasteiger partial charge >= 0.3 is 5.69 Å². The van der Waals surface area contributed by atoms with Gasteiger partial charge in [0.25, 0.3) is 5.06 Å². The van der Waals surface area contributed by atoms with E-state index in [0.29, 0.717) is 18.0 Å². The summed E-state index contributed by atoms with van der Waals surface area (Å²) in [7, 11) is 0. The summed E-state index contributed by atoms with van der Waals surface area (Å²) in [6.45, 7) is 8.37. The van der Waals surface area contributed by atoms with E-state index in [9.17, 15) is 14.9 Å². The lowest BCUT2D eigenvalue weighted by Gasteiger charge is -2.17. The number of likely N-dealkylation sites (N-methyl/N-ethyl adjacent to an activating group) is 1. The fraction of sp³-hybridized carbons (Fsp3) is 0.583. The molecule has 0 fully saturated rings. The molecule has 0 aliphatic carbocycles. The normalized spacial score (nSPS) is 10.7. The minimum absolute atomic E-state index is 0.130. The van der Waals surface area contributed by atoms with Crippen molar-refractivity contribution in [3.05, 3.63) is 21.1 Å². The molecule has 0 atom stereocenters. The smallest absolute Gasteiger partial charge is 0.323 e. The van der Waals surface area contributed by atoms with Crippen molar-refractivity contribution in [1.82, 2.24) is 4.90 Å². The highest BCUT2D eigenvalue weighted by Crippen LogP contribution is 2.37. The second-order valence-electron chi connectivity index (χ2n) is 3.97. The van der Waals surface area contributed by atoms with Crippen molar-refractivity contribution in [2.45, 2.75) is 20.8 Å². The standard InChI is InChI=1S/C12H18N2O4S/c1-4-13(5-2)6-7-18-12-10(14(16)17)8-11(19-12)9(3)15/h8H,4-7H2,1-3H3. The Bertz CT molecular complexity index is 455. The van der Waals surface area contributed by atoms with Crippen LogP contribution in [0.15, 0.2) is 6.07 Å². The average Bonchev–Trinajstić information content (AvgIpc) is 2.79. The number of ketones is 1. The van der Waals surface area contributed by atoms with E-state index in [-0.39, 0.29) is 16.5 Å². The van der Waals surface area contributed by atoms with Crippen molar-refractivity contribution in [1.29, 1.82) is 0 Å². The highest BCUT2D eigenvalue weighted by molar-refractivity contribution is 7.16. The molecule has 1 aromatic heterocycles. The molecule has 0 amide bonds. The van der Waals surface area contributed by atoms with Crippen LogP contribution in [0.3, 0.4) is 0 Å². The van der Waals surface area contributed by atoms with Gasteiger partial charge in [-0.05, 0) is 20.0 Å². The zero-order valence-corrected chi connectivity index (χ0v) is 12.2. The Labute approximate surface area is 116 Å². The Morgan fingerprint density at radius 2 is 2.11 bits per heavy atom. The minimum Gasteiger partial charge on any atom is -0.478 e. The van der Waals surface area contributed by atoms with Gasteiger partial charge in [-0.3, -0.25) is 14.9 Å². The van der Waals surface area contributed by atoms with E-state index in [1.54, 1.807) is 0 Å². The molecular weight excluding hydrogens is 268 g/mol. The van der Waals surface area contributed by atoms with Gasteiger partial charge in [-0.25, -0.2) is 0 Å². The summed E-state index contributed by atoms with van der Waals surface area (Å²) >= 11 is 1.03. The maximum Gasteiger partial charge on any atom is 0.323 e. The second-order valence-corrected chi connectivity index (χ2v) is 4.99. The van der Waals surface area contributed by atoms with Crippen molar-refractivity contribution in [3.63, 3.8) is 0 Å². The highest BCUT2D eigenvalue weighted by atomic mass is 32.1. The van der Waals surface area contributed by atoms with Gasteiger partial charge in [0.2, 0.25) is 0 Å². The third kappa shape index (κ3) is 4.29. The third-order valence-electron chi connectivity index (χ3n) is 2.76. The Hall–Kier alpha value is -1.47. The van der Waals surface area contributed by atoms with Crippen LogP contribution in [0.5, 0.6) is 5.06 Å². The zero-order chi connectivity index (χ0) is 14.4. The molecular formula is C12H18N2O4S. The molecule has 1 aromatic rings. The van der Waals surface area contributed by atoms with Crippen LogP contribution in [0, 0.1) is 10.1 Å².